The van der Waals surface area contributed by atoms with Crippen molar-refractivity contribution >= 4 is 28.2 Å². The van der Waals surface area contributed by atoms with Crippen LogP contribution in [0.25, 0.3) is 21.9 Å². The predicted octanol–water partition coefficient (Wildman–Crippen LogP) is 4.79. The Labute approximate surface area is 182 Å². The minimum atomic E-state index is -0.107. The van der Waals surface area contributed by atoms with E-state index in [2.05, 4.69) is 22.1 Å². The number of likely N-dealkylation sites (N-methyl/N-ethyl adjacent to an activating group) is 1. The van der Waals surface area contributed by atoms with Gasteiger partial charge >= 0.3 is 0 Å². The van der Waals surface area contributed by atoms with E-state index in [1.807, 2.05) is 31.3 Å². The molecule has 0 aliphatic heterocycles. The molecule has 0 radical (unpaired) electrons. The maximum absolute atomic E-state index is 12.8. The molecule has 2 aromatic heterocycles. The maximum Gasteiger partial charge on any atom is 0.251 e. The number of hydrogen-bond donors (Lipinski definition) is 1. The number of aryl methyl sites for hydroxylation is 1. The highest BCUT2D eigenvalue weighted by Gasteiger charge is 2.18. The lowest BCUT2D eigenvalue weighted by atomic mass is 9.86. The van der Waals surface area contributed by atoms with Crippen molar-refractivity contribution in [3.05, 3.63) is 60.1 Å². The van der Waals surface area contributed by atoms with Crippen LogP contribution in [0.15, 0.2) is 54.5 Å². The minimum absolute atomic E-state index is 0.107. The Kier molecular flexibility index (Phi) is 5.68. The summed E-state index contributed by atoms with van der Waals surface area (Å²) in [6.07, 6.45) is 10.3. The molecule has 0 bridgehead atoms. The lowest BCUT2D eigenvalue weighted by Crippen LogP contribution is -2.25. The molecule has 2 N–H and O–H groups in total. The van der Waals surface area contributed by atoms with Gasteiger partial charge < -0.3 is 5.73 Å². The van der Waals surface area contributed by atoms with Crippen LogP contribution in [0.3, 0.4) is 0 Å². The molecule has 1 amide bonds. The quantitative estimate of drug-likeness (QED) is 0.494. The van der Waals surface area contributed by atoms with Gasteiger partial charge in [0, 0.05) is 54.3 Å². The summed E-state index contributed by atoms with van der Waals surface area (Å²) in [5.74, 6) is 0.569. The average molecular weight is 412 g/mol. The molecule has 0 spiro atoms. The van der Waals surface area contributed by atoms with Gasteiger partial charge in [-0.2, -0.15) is 5.26 Å². The fourth-order valence-corrected chi connectivity index (χ4v) is 4.03. The number of nitrogen functional groups attached to an aromatic ring is 1. The van der Waals surface area contributed by atoms with Crippen LogP contribution in [-0.4, -0.2) is 22.9 Å². The van der Waals surface area contributed by atoms with Crippen LogP contribution in [-0.2, 0) is 4.79 Å². The number of benzene rings is 1. The minimum Gasteiger partial charge on any atom is -0.398 e. The first-order valence-electron chi connectivity index (χ1n) is 10.4. The SMILES string of the molecule is Cc1ccncc1-c1cc(N)c2cnc(N(C)C(=O)C=C3CCC(C#N)CC3)cc2c1. The number of carbonyl (C=O) groups excluding carboxylic acids is 1. The average Bonchev–Trinajstić information content (AvgIpc) is 2.79. The van der Waals surface area contributed by atoms with Gasteiger partial charge in [0.2, 0.25) is 0 Å². The lowest BCUT2D eigenvalue weighted by molar-refractivity contribution is -0.114. The predicted molar refractivity (Wildman–Crippen MR) is 123 cm³/mol. The maximum atomic E-state index is 12.8. The van der Waals surface area contributed by atoms with Crippen molar-refractivity contribution in [2.24, 2.45) is 5.92 Å². The molecule has 6 nitrogen and oxygen atoms in total. The number of allylic oxidation sites excluding steroid dienone is 1. The van der Waals surface area contributed by atoms with E-state index in [4.69, 9.17) is 11.0 Å². The number of nitrogens with two attached hydrogens (primary N) is 1. The second-order valence-electron chi connectivity index (χ2n) is 8.12. The Morgan fingerprint density at radius 3 is 2.74 bits per heavy atom. The highest BCUT2D eigenvalue weighted by Crippen LogP contribution is 2.32. The molecule has 1 fully saturated rings. The zero-order valence-electron chi connectivity index (χ0n) is 17.8. The van der Waals surface area contributed by atoms with E-state index in [0.717, 1.165) is 58.7 Å². The molecule has 1 aliphatic rings. The van der Waals surface area contributed by atoms with Crippen molar-refractivity contribution in [3.63, 3.8) is 0 Å². The van der Waals surface area contributed by atoms with E-state index in [0.29, 0.717) is 11.5 Å². The number of aromatic nitrogens is 2. The standard InChI is InChI=1S/C25H25N5O/c1-16-7-8-28-14-21(16)19-10-20-12-24(29-15-22(20)23(27)11-19)30(2)25(31)9-17-3-5-18(13-26)6-4-17/h7-12,14-15,18H,3-6,27H2,1-2H3. The van der Waals surface area contributed by atoms with E-state index in [-0.39, 0.29) is 11.8 Å². The van der Waals surface area contributed by atoms with Crippen LogP contribution in [0.4, 0.5) is 11.5 Å². The van der Waals surface area contributed by atoms with Crippen molar-refractivity contribution in [3.8, 4) is 17.2 Å². The fourth-order valence-electron chi connectivity index (χ4n) is 4.03. The Morgan fingerprint density at radius 2 is 2.03 bits per heavy atom. The Morgan fingerprint density at radius 1 is 1.26 bits per heavy atom. The molecule has 3 aromatic rings. The van der Waals surface area contributed by atoms with E-state index in [9.17, 15) is 4.79 Å². The molecule has 0 saturated heterocycles. The first-order chi connectivity index (χ1) is 15.0. The molecule has 0 unspecified atom stereocenters. The van der Waals surface area contributed by atoms with Gasteiger partial charge in [-0.25, -0.2) is 4.98 Å². The number of nitriles is 1. The second-order valence-corrected chi connectivity index (χ2v) is 8.12. The molecule has 31 heavy (non-hydrogen) atoms. The van der Waals surface area contributed by atoms with E-state index in [1.165, 1.54) is 0 Å². The Balaban J connectivity index is 1.63. The van der Waals surface area contributed by atoms with Crippen LogP contribution in [0.1, 0.15) is 31.2 Å². The summed E-state index contributed by atoms with van der Waals surface area (Å²) in [7, 11) is 1.73. The van der Waals surface area contributed by atoms with E-state index >= 15 is 0 Å². The zero-order valence-corrected chi connectivity index (χ0v) is 17.8. The molecule has 1 aromatic carbocycles. The summed E-state index contributed by atoms with van der Waals surface area (Å²) < 4.78 is 0. The number of amides is 1. The van der Waals surface area contributed by atoms with Gasteiger partial charge in [0.15, 0.2) is 0 Å². The second kappa shape index (κ2) is 8.57. The highest BCUT2D eigenvalue weighted by atomic mass is 16.2. The molecule has 0 atom stereocenters. The molecule has 6 heteroatoms. The van der Waals surface area contributed by atoms with Gasteiger partial charge in [-0.3, -0.25) is 14.7 Å². The van der Waals surface area contributed by atoms with Crippen LogP contribution in [0, 0.1) is 24.2 Å². The van der Waals surface area contributed by atoms with Gasteiger partial charge in [0.1, 0.15) is 5.82 Å². The Hall–Kier alpha value is -3.72. The van der Waals surface area contributed by atoms with Crippen molar-refractivity contribution in [1.29, 1.82) is 5.26 Å². The summed E-state index contributed by atoms with van der Waals surface area (Å²) in [6.45, 7) is 2.04. The number of fused-ring (bicyclic) bond motifs is 1. The van der Waals surface area contributed by atoms with Crippen molar-refractivity contribution in [2.45, 2.75) is 32.6 Å². The molecule has 1 aliphatic carbocycles. The number of carbonyl (C=O) groups is 1. The van der Waals surface area contributed by atoms with Crippen molar-refractivity contribution < 1.29 is 4.79 Å². The molecule has 156 valence electrons. The topological polar surface area (TPSA) is 95.9 Å². The highest BCUT2D eigenvalue weighted by molar-refractivity contribution is 6.03. The summed E-state index contributed by atoms with van der Waals surface area (Å²) in [5, 5.41) is 10.8. The molecular weight excluding hydrogens is 386 g/mol. The summed E-state index contributed by atoms with van der Waals surface area (Å²) in [6, 6.07) is 10.2. The summed E-state index contributed by atoms with van der Waals surface area (Å²) in [5.41, 5.74) is 11.2. The van der Waals surface area contributed by atoms with Gasteiger partial charge in [-0.05, 0) is 73.4 Å². The van der Waals surface area contributed by atoms with Crippen molar-refractivity contribution in [1.82, 2.24) is 9.97 Å². The molecule has 1 saturated carbocycles. The lowest BCUT2D eigenvalue weighted by Gasteiger charge is -2.20. The number of hydrogen-bond acceptors (Lipinski definition) is 5. The third kappa shape index (κ3) is 4.26. The first kappa shape index (κ1) is 20.5. The third-order valence-electron chi connectivity index (χ3n) is 6.02. The number of pyridine rings is 2. The van der Waals surface area contributed by atoms with E-state index in [1.54, 1.807) is 30.4 Å². The molecular formula is C25H25N5O. The Bertz CT molecular complexity index is 1210. The summed E-state index contributed by atoms with van der Waals surface area (Å²) in [4.78, 5) is 23.1. The smallest absolute Gasteiger partial charge is 0.251 e. The number of nitrogens with zero attached hydrogens (tertiary/aromatic N) is 4. The number of anilines is 2. The van der Waals surface area contributed by atoms with Crippen LogP contribution in [0.2, 0.25) is 0 Å². The van der Waals surface area contributed by atoms with Gasteiger partial charge in [-0.1, -0.05) is 5.57 Å². The van der Waals surface area contributed by atoms with E-state index < -0.39 is 0 Å². The summed E-state index contributed by atoms with van der Waals surface area (Å²) >= 11 is 0. The molecule has 2 heterocycles. The van der Waals surface area contributed by atoms with Gasteiger partial charge in [-0.15, -0.1) is 0 Å². The number of rotatable bonds is 3. The van der Waals surface area contributed by atoms with Gasteiger partial charge in [0.25, 0.3) is 5.91 Å². The fraction of sp³-hybridized carbons (Fsp3) is 0.280. The normalized spacial score (nSPS) is 16.0. The van der Waals surface area contributed by atoms with Crippen molar-refractivity contribution in [2.75, 3.05) is 17.7 Å². The third-order valence-corrected chi connectivity index (χ3v) is 6.02. The monoisotopic (exact) mass is 411 g/mol. The largest absolute Gasteiger partial charge is 0.398 e. The zero-order chi connectivity index (χ0) is 22.0. The molecule has 4 rings (SSSR count). The van der Waals surface area contributed by atoms with Crippen LogP contribution in [0.5, 0.6) is 0 Å². The van der Waals surface area contributed by atoms with Gasteiger partial charge in [0.05, 0.1) is 6.07 Å². The van der Waals surface area contributed by atoms with Crippen LogP contribution >= 0.6 is 0 Å². The van der Waals surface area contributed by atoms with Crippen LogP contribution < -0.4 is 10.6 Å². The first-order valence-corrected chi connectivity index (χ1v) is 10.4.